The molecule has 0 saturated carbocycles. The standard InChI is InChI=1S/C16H23N3O2/c1-12(16(20)18-8-10-21-11-9-18)19-7-6-14(17)13-4-2-3-5-15(13)19/h2-5,12,14H,6-11,17H2,1H3. The van der Waals surface area contributed by atoms with Gasteiger partial charge < -0.3 is 20.3 Å². The van der Waals surface area contributed by atoms with Gasteiger partial charge in [-0.15, -0.1) is 0 Å². The Kier molecular flexibility index (Phi) is 4.12. The van der Waals surface area contributed by atoms with Gasteiger partial charge in [0.05, 0.1) is 13.2 Å². The molecule has 5 nitrogen and oxygen atoms in total. The Hall–Kier alpha value is -1.59. The second-order valence-electron chi connectivity index (χ2n) is 5.76. The van der Waals surface area contributed by atoms with Crippen molar-refractivity contribution in [2.24, 2.45) is 5.73 Å². The van der Waals surface area contributed by atoms with E-state index in [0.717, 1.165) is 24.2 Å². The number of carbonyl (C=O) groups is 1. The van der Waals surface area contributed by atoms with Gasteiger partial charge in [0.25, 0.3) is 0 Å². The van der Waals surface area contributed by atoms with Crippen LogP contribution < -0.4 is 10.6 Å². The predicted molar refractivity (Wildman–Crippen MR) is 82.2 cm³/mol. The molecule has 1 fully saturated rings. The molecule has 21 heavy (non-hydrogen) atoms. The average Bonchev–Trinajstić information content (AvgIpc) is 2.55. The van der Waals surface area contributed by atoms with Crippen LogP contribution in [-0.2, 0) is 9.53 Å². The molecule has 0 aromatic heterocycles. The molecule has 0 spiro atoms. The van der Waals surface area contributed by atoms with Crippen LogP contribution in [0.4, 0.5) is 5.69 Å². The lowest BCUT2D eigenvalue weighted by atomic mass is 9.96. The summed E-state index contributed by atoms with van der Waals surface area (Å²) in [6.45, 7) is 5.48. The van der Waals surface area contributed by atoms with Gasteiger partial charge >= 0.3 is 0 Å². The van der Waals surface area contributed by atoms with Gasteiger partial charge in [-0.05, 0) is 25.0 Å². The summed E-state index contributed by atoms with van der Waals surface area (Å²) in [6.07, 6.45) is 0.887. The Labute approximate surface area is 125 Å². The molecule has 0 bridgehead atoms. The van der Waals surface area contributed by atoms with Crippen LogP contribution in [0.3, 0.4) is 0 Å². The minimum Gasteiger partial charge on any atom is -0.378 e. The normalized spacial score (nSPS) is 23.6. The van der Waals surface area contributed by atoms with Crippen molar-refractivity contribution in [1.29, 1.82) is 0 Å². The van der Waals surface area contributed by atoms with E-state index in [-0.39, 0.29) is 18.0 Å². The lowest BCUT2D eigenvalue weighted by Gasteiger charge is -2.40. The number of nitrogens with two attached hydrogens (primary N) is 1. The molecule has 0 radical (unpaired) electrons. The highest BCUT2D eigenvalue weighted by Gasteiger charge is 2.31. The van der Waals surface area contributed by atoms with Gasteiger partial charge in [-0.25, -0.2) is 0 Å². The van der Waals surface area contributed by atoms with Crippen molar-refractivity contribution in [3.8, 4) is 0 Å². The number of benzene rings is 1. The summed E-state index contributed by atoms with van der Waals surface area (Å²) in [5.41, 5.74) is 8.44. The van der Waals surface area contributed by atoms with Crippen molar-refractivity contribution < 1.29 is 9.53 Å². The van der Waals surface area contributed by atoms with Crippen molar-refractivity contribution in [3.63, 3.8) is 0 Å². The lowest BCUT2D eigenvalue weighted by molar-refractivity contribution is -0.136. The zero-order chi connectivity index (χ0) is 14.8. The van der Waals surface area contributed by atoms with E-state index in [9.17, 15) is 4.79 Å². The third-order valence-electron chi connectivity index (χ3n) is 4.47. The Balaban J connectivity index is 1.80. The molecular formula is C16H23N3O2. The largest absolute Gasteiger partial charge is 0.378 e. The number of nitrogens with zero attached hydrogens (tertiary/aromatic N) is 2. The maximum Gasteiger partial charge on any atom is 0.245 e. The quantitative estimate of drug-likeness (QED) is 0.887. The van der Waals surface area contributed by atoms with Crippen LogP contribution in [0.25, 0.3) is 0 Å². The third-order valence-corrected chi connectivity index (χ3v) is 4.47. The lowest BCUT2D eigenvalue weighted by Crippen LogP contribution is -2.52. The Morgan fingerprint density at radius 2 is 2.00 bits per heavy atom. The smallest absolute Gasteiger partial charge is 0.245 e. The summed E-state index contributed by atoms with van der Waals surface area (Å²) in [6, 6.07) is 8.07. The van der Waals surface area contributed by atoms with Crippen molar-refractivity contribution in [3.05, 3.63) is 29.8 Å². The van der Waals surface area contributed by atoms with E-state index >= 15 is 0 Å². The zero-order valence-corrected chi connectivity index (χ0v) is 12.5. The summed E-state index contributed by atoms with van der Waals surface area (Å²) in [7, 11) is 0. The number of rotatable bonds is 2. The van der Waals surface area contributed by atoms with Crippen LogP contribution in [0.5, 0.6) is 0 Å². The number of anilines is 1. The monoisotopic (exact) mass is 289 g/mol. The van der Waals surface area contributed by atoms with Crippen molar-refractivity contribution in [2.45, 2.75) is 25.4 Å². The van der Waals surface area contributed by atoms with E-state index in [2.05, 4.69) is 17.0 Å². The van der Waals surface area contributed by atoms with Gasteiger partial charge in [0, 0.05) is 31.4 Å². The summed E-state index contributed by atoms with van der Waals surface area (Å²) in [5, 5.41) is 0. The molecule has 3 rings (SSSR count). The highest BCUT2D eigenvalue weighted by Crippen LogP contribution is 2.33. The van der Waals surface area contributed by atoms with Crippen LogP contribution in [-0.4, -0.2) is 49.7 Å². The summed E-state index contributed by atoms with van der Waals surface area (Å²) < 4.78 is 5.32. The summed E-state index contributed by atoms with van der Waals surface area (Å²) >= 11 is 0. The predicted octanol–water partition coefficient (Wildman–Crippen LogP) is 1.14. The molecule has 1 amide bonds. The fourth-order valence-electron chi connectivity index (χ4n) is 3.20. The number of hydrogen-bond donors (Lipinski definition) is 1. The SMILES string of the molecule is CC(C(=O)N1CCOCC1)N1CCC(N)c2ccccc21. The molecule has 114 valence electrons. The van der Waals surface area contributed by atoms with Gasteiger partial charge in [0.1, 0.15) is 6.04 Å². The second-order valence-corrected chi connectivity index (χ2v) is 5.76. The Morgan fingerprint density at radius 3 is 2.76 bits per heavy atom. The fraction of sp³-hybridized carbons (Fsp3) is 0.562. The molecule has 2 N–H and O–H groups in total. The number of morpholine rings is 1. The highest BCUT2D eigenvalue weighted by atomic mass is 16.5. The van der Waals surface area contributed by atoms with E-state index in [4.69, 9.17) is 10.5 Å². The number of para-hydroxylation sites is 1. The van der Waals surface area contributed by atoms with Gasteiger partial charge in [0.15, 0.2) is 0 Å². The van der Waals surface area contributed by atoms with E-state index < -0.39 is 0 Å². The number of ether oxygens (including phenoxy) is 1. The molecule has 2 aliphatic rings. The van der Waals surface area contributed by atoms with E-state index in [1.54, 1.807) is 0 Å². The number of carbonyl (C=O) groups excluding carboxylic acids is 1. The maximum absolute atomic E-state index is 12.7. The van der Waals surface area contributed by atoms with Crippen LogP contribution in [0.2, 0.25) is 0 Å². The Morgan fingerprint density at radius 1 is 1.29 bits per heavy atom. The fourth-order valence-corrected chi connectivity index (χ4v) is 3.20. The van der Waals surface area contributed by atoms with E-state index in [1.165, 1.54) is 0 Å². The molecule has 1 saturated heterocycles. The van der Waals surface area contributed by atoms with Gasteiger partial charge in [-0.2, -0.15) is 0 Å². The highest BCUT2D eigenvalue weighted by molar-refractivity contribution is 5.85. The molecule has 0 aliphatic carbocycles. The van der Waals surface area contributed by atoms with Crippen molar-refractivity contribution in [1.82, 2.24) is 4.90 Å². The first kappa shape index (κ1) is 14.4. The molecule has 1 aromatic carbocycles. The maximum atomic E-state index is 12.7. The van der Waals surface area contributed by atoms with Gasteiger partial charge in [-0.1, -0.05) is 18.2 Å². The topological polar surface area (TPSA) is 58.8 Å². The minimum atomic E-state index is -0.156. The zero-order valence-electron chi connectivity index (χ0n) is 12.5. The molecule has 2 aliphatic heterocycles. The third kappa shape index (κ3) is 2.76. The van der Waals surface area contributed by atoms with Gasteiger partial charge in [0.2, 0.25) is 5.91 Å². The van der Waals surface area contributed by atoms with Crippen LogP contribution >= 0.6 is 0 Å². The molecular weight excluding hydrogens is 266 g/mol. The van der Waals surface area contributed by atoms with Crippen molar-refractivity contribution >= 4 is 11.6 Å². The second kappa shape index (κ2) is 6.03. The van der Waals surface area contributed by atoms with Crippen LogP contribution in [0, 0.1) is 0 Å². The first-order chi connectivity index (χ1) is 10.2. The summed E-state index contributed by atoms with van der Waals surface area (Å²) in [4.78, 5) is 16.8. The number of fused-ring (bicyclic) bond motifs is 1. The van der Waals surface area contributed by atoms with Crippen LogP contribution in [0.1, 0.15) is 24.9 Å². The minimum absolute atomic E-state index is 0.0724. The molecule has 1 aromatic rings. The summed E-state index contributed by atoms with van der Waals surface area (Å²) in [5.74, 6) is 0.184. The van der Waals surface area contributed by atoms with Crippen LogP contribution in [0.15, 0.2) is 24.3 Å². The number of amides is 1. The van der Waals surface area contributed by atoms with E-state index in [1.807, 2.05) is 24.0 Å². The average molecular weight is 289 g/mol. The Bertz CT molecular complexity index is 514. The number of hydrogen-bond acceptors (Lipinski definition) is 4. The first-order valence-electron chi connectivity index (χ1n) is 7.66. The molecule has 2 heterocycles. The molecule has 2 atom stereocenters. The first-order valence-corrected chi connectivity index (χ1v) is 7.66. The molecule has 2 unspecified atom stereocenters. The van der Waals surface area contributed by atoms with E-state index in [0.29, 0.717) is 26.3 Å². The molecule has 5 heteroatoms. The van der Waals surface area contributed by atoms with Crippen molar-refractivity contribution in [2.75, 3.05) is 37.7 Å². The van der Waals surface area contributed by atoms with Gasteiger partial charge in [-0.3, -0.25) is 4.79 Å².